The minimum atomic E-state index is -0.0524. The first kappa shape index (κ1) is 16.4. The molecule has 1 amide bonds. The van der Waals surface area contributed by atoms with Crippen LogP contribution in [-0.4, -0.2) is 22.7 Å². The zero-order valence-corrected chi connectivity index (χ0v) is 14.0. The molecule has 22 heavy (non-hydrogen) atoms. The van der Waals surface area contributed by atoms with Crippen molar-refractivity contribution >= 4 is 22.4 Å². The highest BCUT2D eigenvalue weighted by Crippen LogP contribution is 2.19. The number of carbonyl (C=O) groups excluding carboxylic acids is 1. The van der Waals surface area contributed by atoms with Crippen molar-refractivity contribution < 1.29 is 9.53 Å². The van der Waals surface area contributed by atoms with Crippen molar-refractivity contribution in [2.75, 3.05) is 11.9 Å². The summed E-state index contributed by atoms with van der Waals surface area (Å²) in [5.74, 6) is 0.834. The quantitative estimate of drug-likeness (QED) is 0.793. The molecule has 0 bridgehead atoms. The lowest BCUT2D eigenvalue weighted by molar-refractivity contribution is -0.116. The van der Waals surface area contributed by atoms with Crippen LogP contribution in [0.15, 0.2) is 18.2 Å². The molecule has 0 spiro atoms. The topological polar surface area (TPSA) is 64.1 Å². The predicted octanol–water partition coefficient (Wildman–Crippen LogP) is 3.52. The van der Waals surface area contributed by atoms with Crippen LogP contribution in [-0.2, 0) is 11.2 Å². The molecule has 0 radical (unpaired) electrons. The van der Waals surface area contributed by atoms with Gasteiger partial charge in [-0.1, -0.05) is 30.4 Å². The van der Waals surface area contributed by atoms with Crippen molar-refractivity contribution in [3.8, 4) is 5.75 Å². The molecule has 1 aromatic carbocycles. The Bertz CT molecular complexity index is 640. The molecule has 0 saturated heterocycles. The number of hydrogen-bond donors (Lipinski definition) is 1. The molecule has 2 aromatic rings. The van der Waals surface area contributed by atoms with E-state index in [1.165, 1.54) is 16.9 Å². The highest BCUT2D eigenvalue weighted by atomic mass is 32.1. The van der Waals surface area contributed by atoms with E-state index in [2.05, 4.69) is 21.6 Å². The summed E-state index contributed by atoms with van der Waals surface area (Å²) in [7, 11) is 0. The Morgan fingerprint density at radius 2 is 2.14 bits per heavy atom. The molecular weight excluding hydrogens is 298 g/mol. The van der Waals surface area contributed by atoms with E-state index in [0.29, 0.717) is 24.6 Å². The van der Waals surface area contributed by atoms with Gasteiger partial charge in [-0.05, 0) is 43.9 Å². The van der Waals surface area contributed by atoms with E-state index in [9.17, 15) is 4.79 Å². The van der Waals surface area contributed by atoms with Crippen LogP contribution in [0.5, 0.6) is 5.75 Å². The molecule has 118 valence electrons. The number of amides is 1. The third-order valence-corrected chi connectivity index (χ3v) is 4.15. The number of hydrogen-bond acceptors (Lipinski definition) is 5. The summed E-state index contributed by atoms with van der Waals surface area (Å²) in [6.07, 6.45) is 1.90. The number of nitrogens with one attached hydrogen (secondary N) is 1. The third-order valence-electron chi connectivity index (χ3n) is 3.17. The number of carbonyl (C=O) groups is 1. The summed E-state index contributed by atoms with van der Waals surface area (Å²) in [6, 6.07) is 6.11. The molecule has 0 fully saturated rings. The van der Waals surface area contributed by atoms with E-state index < -0.39 is 0 Å². The second kappa shape index (κ2) is 7.89. The van der Waals surface area contributed by atoms with Crippen molar-refractivity contribution in [1.29, 1.82) is 0 Å². The normalized spacial score (nSPS) is 10.5. The number of ether oxygens (including phenoxy) is 1. The van der Waals surface area contributed by atoms with Gasteiger partial charge in [0, 0.05) is 6.42 Å². The van der Waals surface area contributed by atoms with Gasteiger partial charge < -0.3 is 10.1 Å². The molecule has 1 heterocycles. The predicted molar refractivity (Wildman–Crippen MR) is 88.6 cm³/mol. The van der Waals surface area contributed by atoms with Crippen LogP contribution in [0, 0.1) is 13.8 Å². The fourth-order valence-electron chi connectivity index (χ4n) is 1.91. The van der Waals surface area contributed by atoms with Crippen LogP contribution in [0.3, 0.4) is 0 Å². The fourth-order valence-corrected chi connectivity index (χ4v) is 2.60. The van der Waals surface area contributed by atoms with Gasteiger partial charge in [-0.2, -0.15) is 0 Å². The molecule has 0 unspecified atom stereocenters. The van der Waals surface area contributed by atoms with Gasteiger partial charge in [0.2, 0.25) is 11.0 Å². The monoisotopic (exact) mass is 319 g/mol. The van der Waals surface area contributed by atoms with Crippen molar-refractivity contribution in [3.05, 3.63) is 34.3 Å². The lowest BCUT2D eigenvalue weighted by Crippen LogP contribution is -2.12. The van der Waals surface area contributed by atoms with E-state index in [-0.39, 0.29) is 5.91 Å². The van der Waals surface area contributed by atoms with Gasteiger partial charge in [-0.15, -0.1) is 10.2 Å². The van der Waals surface area contributed by atoms with Gasteiger partial charge in [-0.3, -0.25) is 4.79 Å². The fraction of sp³-hybridized carbons (Fsp3) is 0.438. The maximum Gasteiger partial charge on any atom is 0.226 e. The van der Waals surface area contributed by atoms with E-state index in [1.807, 2.05) is 32.9 Å². The van der Waals surface area contributed by atoms with Crippen molar-refractivity contribution in [1.82, 2.24) is 10.2 Å². The molecule has 1 N–H and O–H groups in total. The van der Waals surface area contributed by atoms with E-state index >= 15 is 0 Å². The molecule has 1 aromatic heterocycles. The summed E-state index contributed by atoms with van der Waals surface area (Å²) in [6.45, 7) is 6.58. The second-order valence-corrected chi connectivity index (χ2v) is 6.19. The van der Waals surface area contributed by atoms with Crippen LogP contribution in [0.1, 0.15) is 35.9 Å². The Balaban J connectivity index is 1.72. The Labute approximate surface area is 134 Å². The first-order chi connectivity index (χ1) is 10.6. The zero-order valence-electron chi connectivity index (χ0n) is 13.2. The lowest BCUT2D eigenvalue weighted by Gasteiger charge is -2.09. The smallest absolute Gasteiger partial charge is 0.226 e. The Kier molecular flexibility index (Phi) is 5.89. The van der Waals surface area contributed by atoms with Gasteiger partial charge in [0.1, 0.15) is 10.8 Å². The number of anilines is 1. The van der Waals surface area contributed by atoms with Crippen LogP contribution >= 0.6 is 11.3 Å². The summed E-state index contributed by atoms with van der Waals surface area (Å²) < 4.78 is 5.73. The maximum atomic E-state index is 11.8. The first-order valence-corrected chi connectivity index (χ1v) is 8.22. The summed E-state index contributed by atoms with van der Waals surface area (Å²) in [5, 5.41) is 12.2. The molecule has 2 rings (SSSR count). The van der Waals surface area contributed by atoms with Gasteiger partial charge in [0.15, 0.2) is 0 Å². The van der Waals surface area contributed by atoms with E-state index in [4.69, 9.17) is 4.74 Å². The number of nitrogens with zero attached hydrogens (tertiary/aromatic N) is 2. The Morgan fingerprint density at radius 3 is 2.86 bits per heavy atom. The number of rotatable bonds is 7. The Morgan fingerprint density at radius 1 is 1.32 bits per heavy atom. The van der Waals surface area contributed by atoms with Gasteiger partial charge in [0.25, 0.3) is 0 Å². The highest BCUT2D eigenvalue weighted by molar-refractivity contribution is 7.15. The molecule has 0 aliphatic rings. The van der Waals surface area contributed by atoms with Crippen molar-refractivity contribution in [3.63, 3.8) is 0 Å². The van der Waals surface area contributed by atoms with E-state index in [0.717, 1.165) is 22.7 Å². The van der Waals surface area contributed by atoms with Crippen LogP contribution in [0.2, 0.25) is 0 Å². The maximum absolute atomic E-state index is 11.8. The minimum absolute atomic E-state index is 0.0524. The zero-order chi connectivity index (χ0) is 15.9. The highest BCUT2D eigenvalue weighted by Gasteiger charge is 2.07. The minimum Gasteiger partial charge on any atom is -0.493 e. The average Bonchev–Trinajstić information content (AvgIpc) is 2.94. The van der Waals surface area contributed by atoms with Crippen LogP contribution in [0.25, 0.3) is 0 Å². The van der Waals surface area contributed by atoms with Gasteiger partial charge in [0.05, 0.1) is 6.61 Å². The number of aryl methyl sites for hydroxylation is 3. The second-order valence-electron chi connectivity index (χ2n) is 5.12. The molecule has 0 aliphatic heterocycles. The molecule has 5 nitrogen and oxygen atoms in total. The molecule has 0 aliphatic carbocycles. The molecule has 0 saturated carbocycles. The summed E-state index contributed by atoms with van der Waals surface area (Å²) >= 11 is 1.42. The van der Waals surface area contributed by atoms with Crippen LogP contribution < -0.4 is 10.1 Å². The number of aromatic nitrogens is 2. The summed E-state index contributed by atoms with van der Waals surface area (Å²) in [5.41, 5.74) is 2.28. The summed E-state index contributed by atoms with van der Waals surface area (Å²) in [4.78, 5) is 11.8. The first-order valence-electron chi connectivity index (χ1n) is 7.40. The van der Waals surface area contributed by atoms with Gasteiger partial charge >= 0.3 is 0 Å². The molecule has 0 atom stereocenters. The van der Waals surface area contributed by atoms with Gasteiger partial charge in [-0.25, -0.2) is 0 Å². The standard InChI is InChI=1S/C16H21N3O2S/c1-4-15-18-19-16(22-15)17-14(20)6-5-9-21-13-10-11(2)7-8-12(13)3/h7-8,10H,4-6,9H2,1-3H3,(H,17,19,20). The average molecular weight is 319 g/mol. The molecule has 6 heteroatoms. The SMILES string of the molecule is CCc1nnc(NC(=O)CCCOc2cc(C)ccc2C)s1. The van der Waals surface area contributed by atoms with Crippen molar-refractivity contribution in [2.24, 2.45) is 0 Å². The van der Waals surface area contributed by atoms with Crippen molar-refractivity contribution in [2.45, 2.75) is 40.0 Å². The Hall–Kier alpha value is -1.95. The number of benzene rings is 1. The van der Waals surface area contributed by atoms with E-state index in [1.54, 1.807) is 0 Å². The lowest BCUT2D eigenvalue weighted by atomic mass is 10.1. The molecular formula is C16H21N3O2S. The third kappa shape index (κ3) is 4.80. The largest absolute Gasteiger partial charge is 0.493 e. The van der Waals surface area contributed by atoms with Crippen LogP contribution in [0.4, 0.5) is 5.13 Å².